The van der Waals surface area contributed by atoms with Gasteiger partial charge in [0.25, 0.3) is 0 Å². The molecule has 3 nitrogen and oxygen atoms in total. The molecule has 4 heteroatoms. The van der Waals surface area contributed by atoms with Gasteiger partial charge in [-0.25, -0.2) is 0 Å². The predicted molar refractivity (Wildman–Crippen MR) is 49.4 cm³/mol. The van der Waals surface area contributed by atoms with Crippen LogP contribution in [0.4, 0.5) is 5.69 Å². The topological polar surface area (TPSA) is 52.3 Å². The van der Waals surface area contributed by atoms with Crippen molar-refractivity contribution in [2.45, 2.75) is 20.3 Å². The van der Waals surface area contributed by atoms with Gasteiger partial charge in [-0.2, -0.15) is 0 Å². The average Bonchev–Trinajstić information content (AvgIpc) is 2.32. The molecular formula is C8H11NO2S. The zero-order chi connectivity index (χ0) is 9.14. The lowest BCUT2D eigenvalue weighted by molar-refractivity contribution is -0.131. The Kier molecular flexibility index (Phi) is 2.70. The predicted octanol–water partition coefficient (Wildman–Crippen LogP) is 1.82. The Morgan fingerprint density at radius 2 is 2.42 bits per heavy atom. The molecule has 0 saturated heterocycles. The maximum absolute atomic E-state index is 10.6. The van der Waals surface area contributed by atoms with Crippen molar-refractivity contribution in [1.29, 1.82) is 0 Å². The number of hydrogen-bond acceptors (Lipinski definition) is 4. The van der Waals surface area contributed by atoms with Gasteiger partial charge in [0.2, 0.25) is 0 Å². The maximum Gasteiger partial charge on any atom is 0.308 e. The van der Waals surface area contributed by atoms with Crippen LogP contribution in [0.3, 0.4) is 0 Å². The molecule has 12 heavy (non-hydrogen) atoms. The molecule has 0 aliphatic rings. The molecule has 0 atom stereocenters. The van der Waals surface area contributed by atoms with Crippen molar-refractivity contribution in [1.82, 2.24) is 0 Å². The lowest BCUT2D eigenvalue weighted by atomic mass is 10.3. The Morgan fingerprint density at radius 3 is 2.83 bits per heavy atom. The molecule has 0 saturated carbocycles. The van der Waals surface area contributed by atoms with E-state index >= 15 is 0 Å². The second kappa shape index (κ2) is 3.58. The summed E-state index contributed by atoms with van der Waals surface area (Å²) in [4.78, 5) is 11.7. The fourth-order valence-electron chi connectivity index (χ4n) is 0.897. The van der Waals surface area contributed by atoms with Crippen LogP contribution in [-0.4, -0.2) is 5.97 Å². The van der Waals surface area contributed by atoms with Crippen molar-refractivity contribution >= 4 is 23.0 Å². The van der Waals surface area contributed by atoms with E-state index in [2.05, 4.69) is 0 Å². The van der Waals surface area contributed by atoms with Crippen LogP contribution in [0.15, 0.2) is 5.38 Å². The number of ether oxygens (including phenoxy) is 1. The fraction of sp³-hybridized carbons (Fsp3) is 0.375. The van der Waals surface area contributed by atoms with Gasteiger partial charge in [0.1, 0.15) is 0 Å². The highest BCUT2D eigenvalue weighted by atomic mass is 32.1. The second-order valence-electron chi connectivity index (χ2n) is 2.38. The number of aryl methyl sites for hydroxylation is 1. The molecule has 0 aromatic carbocycles. The smallest absolute Gasteiger partial charge is 0.308 e. The molecule has 1 aromatic rings. The Balaban J connectivity index is 2.87. The van der Waals surface area contributed by atoms with Gasteiger partial charge in [0, 0.05) is 17.2 Å². The van der Waals surface area contributed by atoms with Crippen LogP contribution in [0.1, 0.15) is 18.7 Å². The average molecular weight is 185 g/mol. The molecule has 0 radical (unpaired) electrons. The monoisotopic (exact) mass is 185 g/mol. The molecule has 2 N–H and O–H groups in total. The summed E-state index contributed by atoms with van der Waals surface area (Å²) < 4.78 is 4.87. The summed E-state index contributed by atoms with van der Waals surface area (Å²) in [6.07, 6.45) is 0.873. The van der Waals surface area contributed by atoms with E-state index in [1.807, 2.05) is 6.92 Å². The minimum atomic E-state index is -0.331. The molecular weight excluding hydrogens is 174 g/mol. The first kappa shape index (κ1) is 9.06. The van der Waals surface area contributed by atoms with Gasteiger partial charge >= 0.3 is 5.97 Å². The van der Waals surface area contributed by atoms with E-state index in [0.717, 1.165) is 11.3 Å². The van der Waals surface area contributed by atoms with Crippen molar-refractivity contribution in [2.24, 2.45) is 0 Å². The molecule has 0 unspecified atom stereocenters. The first-order chi connectivity index (χ1) is 5.65. The largest absolute Gasteiger partial charge is 0.424 e. The second-order valence-corrected chi connectivity index (χ2v) is 3.35. The SMILES string of the molecule is CCc1scc(OC(C)=O)c1N. The summed E-state index contributed by atoms with van der Waals surface area (Å²) in [7, 11) is 0. The van der Waals surface area contributed by atoms with Crippen LogP contribution in [0.25, 0.3) is 0 Å². The molecule has 66 valence electrons. The van der Waals surface area contributed by atoms with E-state index in [4.69, 9.17) is 10.5 Å². The number of esters is 1. The maximum atomic E-state index is 10.6. The minimum Gasteiger partial charge on any atom is -0.424 e. The van der Waals surface area contributed by atoms with Crippen LogP contribution >= 0.6 is 11.3 Å². The third-order valence-corrected chi connectivity index (χ3v) is 2.57. The van der Waals surface area contributed by atoms with Gasteiger partial charge < -0.3 is 10.5 Å². The Bertz CT molecular complexity index is 293. The van der Waals surface area contributed by atoms with Gasteiger partial charge in [0.05, 0.1) is 5.69 Å². The van der Waals surface area contributed by atoms with Crippen LogP contribution < -0.4 is 10.5 Å². The number of thiophene rings is 1. The van der Waals surface area contributed by atoms with Crippen molar-refractivity contribution in [2.75, 3.05) is 5.73 Å². The molecule has 0 fully saturated rings. The standard InChI is InChI=1S/C8H11NO2S/c1-3-7-8(9)6(4-12-7)11-5(2)10/h4H,3,9H2,1-2H3. The van der Waals surface area contributed by atoms with E-state index < -0.39 is 0 Å². The first-order valence-electron chi connectivity index (χ1n) is 3.69. The van der Waals surface area contributed by atoms with Crippen molar-refractivity contribution in [3.8, 4) is 5.75 Å². The minimum absolute atomic E-state index is 0.331. The van der Waals surface area contributed by atoms with Crippen LogP contribution in [0.5, 0.6) is 5.75 Å². The number of anilines is 1. The number of nitrogens with two attached hydrogens (primary N) is 1. The van der Waals surface area contributed by atoms with Gasteiger partial charge in [-0.3, -0.25) is 4.79 Å². The molecule has 0 aliphatic heterocycles. The molecule has 1 aromatic heterocycles. The number of carbonyl (C=O) groups excluding carboxylic acids is 1. The quantitative estimate of drug-likeness (QED) is 0.715. The molecule has 1 rings (SSSR count). The zero-order valence-corrected chi connectivity index (χ0v) is 7.90. The third kappa shape index (κ3) is 1.76. The molecule has 0 amide bonds. The van der Waals surface area contributed by atoms with E-state index in [-0.39, 0.29) is 5.97 Å². The highest BCUT2D eigenvalue weighted by Crippen LogP contribution is 2.32. The number of nitrogen functional groups attached to an aromatic ring is 1. The van der Waals surface area contributed by atoms with Gasteiger partial charge in [-0.1, -0.05) is 6.92 Å². The summed E-state index contributed by atoms with van der Waals surface area (Å²) in [6.45, 7) is 3.38. The Morgan fingerprint density at radius 1 is 1.75 bits per heavy atom. The fourth-order valence-corrected chi connectivity index (χ4v) is 1.72. The lowest BCUT2D eigenvalue weighted by Crippen LogP contribution is -2.02. The normalized spacial score (nSPS) is 9.83. The molecule has 0 bridgehead atoms. The molecule has 0 aliphatic carbocycles. The van der Waals surface area contributed by atoms with Gasteiger partial charge in [-0.05, 0) is 6.42 Å². The summed E-state index contributed by atoms with van der Waals surface area (Å²) in [5.74, 6) is 0.159. The lowest BCUT2D eigenvalue weighted by Gasteiger charge is -1.99. The van der Waals surface area contributed by atoms with E-state index in [0.29, 0.717) is 11.4 Å². The van der Waals surface area contributed by atoms with Crippen molar-refractivity contribution < 1.29 is 9.53 Å². The number of rotatable bonds is 2. The van der Waals surface area contributed by atoms with Crippen LogP contribution in [-0.2, 0) is 11.2 Å². The molecule has 0 spiro atoms. The Labute approximate surface area is 75.1 Å². The zero-order valence-electron chi connectivity index (χ0n) is 7.09. The Hall–Kier alpha value is -1.03. The first-order valence-corrected chi connectivity index (χ1v) is 4.57. The summed E-state index contributed by atoms with van der Waals surface area (Å²) in [6, 6.07) is 0. The van der Waals surface area contributed by atoms with Gasteiger partial charge in [-0.15, -0.1) is 11.3 Å². The van der Waals surface area contributed by atoms with E-state index in [1.165, 1.54) is 18.3 Å². The highest BCUT2D eigenvalue weighted by Gasteiger charge is 2.09. The third-order valence-electron chi connectivity index (χ3n) is 1.45. The summed E-state index contributed by atoms with van der Waals surface area (Å²) >= 11 is 1.52. The van der Waals surface area contributed by atoms with E-state index in [1.54, 1.807) is 5.38 Å². The highest BCUT2D eigenvalue weighted by molar-refractivity contribution is 7.10. The summed E-state index contributed by atoms with van der Waals surface area (Å²) in [5, 5.41) is 1.76. The molecule has 1 heterocycles. The van der Waals surface area contributed by atoms with Crippen LogP contribution in [0, 0.1) is 0 Å². The number of carbonyl (C=O) groups is 1. The van der Waals surface area contributed by atoms with Crippen LogP contribution in [0.2, 0.25) is 0 Å². The van der Waals surface area contributed by atoms with Gasteiger partial charge in [0.15, 0.2) is 5.75 Å². The number of hydrogen-bond donors (Lipinski definition) is 1. The van der Waals surface area contributed by atoms with Crippen molar-refractivity contribution in [3.63, 3.8) is 0 Å². The van der Waals surface area contributed by atoms with Crippen molar-refractivity contribution in [3.05, 3.63) is 10.3 Å². The van der Waals surface area contributed by atoms with E-state index in [9.17, 15) is 4.79 Å². The summed E-state index contributed by atoms with van der Waals surface area (Å²) in [5.41, 5.74) is 6.29.